The number of hydrogen-bond acceptors (Lipinski definition) is 9. The molecule has 2 atom stereocenters. The number of anilines is 1. The number of nitrogens with zero attached hydrogens (tertiary/aromatic N) is 5. The van der Waals surface area contributed by atoms with Crippen molar-refractivity contribution in [1.29, 1.82) is 0 Å². The van der Waals surface area contributed by atoms with Crippen molar-refractivity contribution in [3.63, 3.8) is 0 Å². The molecule has 4 amide bonds. The predicted octanol–water partition coefficient (Wildman–Crippen LogP) is 4.90. The average Bonchev–Trinajstić information content (AvgIpc) is 3.60. The van der Waals surface area contributed by atoms with Crippen molar-refractivity contribution in [2.24, 2.45) is 10.9 Å². The molecule has 0 bridgehead atoms. The van der Waals surface area contributed by atoms with E-state index in [1.807, 2.05) is 35.8 Å². The summed E-state index contributed by atoms with van der Waals surface area (Å²) in [4.78, 5) is 58.0. The van der Waals surface area contributed by atoms with Gasteiger partial charge in [0.05, 0.1) is 17.7 Å². The summed E-state index contributed by atoms with van der Waals surface area (Å²) >= 11 is 7.89. The molecule has 270 valence electrons. The van der Waals surface area contributed by atoms with E-state index in [9.17, 15) is 19.2 Å². The van der Waals surface area contributed by atoms with Crippen molar-refractivity contribution in [2.45, 2.75) is 65.0 Å². The molecule has 3 aliphatic heterocycles. The minimum Gasteiger partial charge on any atom is -0.371 e. The van der Waals surface area contributed by atoms with E-state index in [2.05, 4.69) is 44.9 Å². The van der Waals surface area contributed by atoms with Crippen LogP contribution in [0.1, 0.15) is 81.7 Å². The molecule has 0 saturated carbocycles. The minimum absolute atomic E-state index is 0.101. The molecule has 3 N–H and O–H groups in total. The Bertz CT molecular complexity index is 2100. The number of benzene rings is 2. The van der Waals surface area contributed by atoms with Crippen LogP contribution in [0.3, 0.4) is 0 Å². The molecule has 7 rings (SSSR count). The van der Waals surface area contributed by atoms with Crippen molar-refractivity contribution in [2.75, 3.05) is 24.5 Å². The lowest BCUT2D eigenvalue weighted by atomic mass is 9.96. The standard InChI is InChI=1S/C37H38ClFN8O4S/c1-19-20(2)52-37-32(19)33(23-4-6-24(38)7-5-23)41-29(34-45-44-21(3)47(34)37)17-31(49)40-18-22-12-14-46(15-13-22)25-8-9-26(27(39)16-25)35(50)42-28-10-11-30(48)43-36(28)51/h4-9,16,22,28-29H,10-15,17-18H2,1-3H3,(H,40,49)(H,42,50)(H,43,48,51)/t28?,29-/m0/s1. The van der Waals surface area contributed by atoms with Crippen LogP contribution in [-0.2, 0) is 14.4 Å². The number of amides is 4. The number of aryl methyl sites for hydroxylation is 2. The van der Waals surface area contributed by atoms with Crippen LogP contribution < -0.4 is 20.9 Å². The summed E-state index contributed by atoms with van der Waals surface area (Å²) in [6, 6.07) is 10.6. The Morgan fingerprint density at radius 1 is 1.04 bits per heavy atom. The van der Waals surface area contributed by atoms with Gasteiger partial charge >= 0.3 is 0 Å². The second-order valence-corrected chi connectivity index (χ2v) is 15.1. The topological polar surface area (TPSA) is 151 Å². The first kappa shape index (κ1) is 35.5. The van der Waals surface area contributed by atoms with Gasteiger partial charge in [-0.25, -0.2) is 4.39 Å². The summed E-state index contributed by atoms with van der Waals surface area (Å²) in [5.41, 5.74) is 4.32. The van der Waals surface area contributed by atoms with Crippen LogP contribution in [0.4, 0.5) is 10.1 Å². The maximum absolute atomic E-state index is 15.1. The third-order valence-corrected chi connectivity index (χ3v) is 11.5. The normalized spacial score (nSPS) is 18.9. The molecule has 2 aromatic heterocycles. The fraction of sp³-hybridized carbons (Fsp3) is 0.378. The van der Waals surface area contributed by atoms with Crippen molar-refractivity contribution in [3.8, 4) is 5.00 Å². The highest BCUT2D eigenvalue weighted by Crippen LogP contribution is 2.39. The van der Waals surface area contributed by atoms with Gasteiger partial charge in [0.15, 0.2) is 5.82 Å². The first-order valence-electron chi connectivity index (χ1n) is 17.3. The number of thiophene rings is 1. The van der Waals surface area contributed by atoms with E-state index < -0.39 is 35.6 Å². The molecule has 12 nitrogen and oxygen atoms in total. The lowest BCUT2D eigenvalue weighted by molar-refractivity contribution is -0.134. The molecule has 3 aliphatic rings. The van der Waals surface area contributed by atoms with Crippen molar-refractivity contribution < 1.29 is 23.6 Å². The van der Waals surface area contributed by atoms with Gasteiger partial charge in [0.2, 0.25) is 17.7 Å². The SMILES string of the molecule is Cc1sc2c(c1C)C(c1ccc(Cl)cc1)=N[C@@H](CC(=O)NCC1CCN(c3ccc(C(=O)NC4CCC(=O)NC4=O)c(F)c3)CC1)c1nnc(C)n1-2. The van der Waals surface area contributed by atoms with Crippen molar-refractivity contribution in [3.05, 3.63) is 92.1 Å². The zero-order valence-corrected chi connectivity index (χ0v) is 30.5. The predicted molar refractivity (Wildman–Crippen MR) is 196 cm³/mol. The number of imide groups is 1. The Hall–Kier alpha value is -4.95. The maximum Gasteiger partial charge on any atom is 0.254 e. The van der Waals surface area contributed by atoms with Crippen LogP contribution in [0.15, 0.2) is 47.5 Å². The number of halogens is 2. The quantitative estimate of drug-likeness (QED) is 0.217. The first-order chi connectivity index (χ1) is 25.0. The Morgan fingerprint density at radius 3 is 2.50 bits per heavy atom. The van der Waals surface area contributed by atoms with Crippen LogP contribution >= 0.6 is 22.9 Å². The van der Waals surface area contributed by atoms with E-state index in [0.717, 1.165) is 46.1 Å². The fourth-order valence-electron chi connectivity index (χ4n) is 6.99. The van der Waals surface area contributed by atoms with Crippen LogP contribution in [0.2, 0.25) is 5.02 Å². The highest BCUT2D eigenvalue weighted by atomic mass is 35.5. The number of aromatic nitrogens is 3. The number of rotatable bonds is 8. The summed E-state index contributed by atoms with van der Waals surface area (Å²) in [5, 5.41) is 18.3. The largest absolute Gasteiger partial charge is 0.371 e. The molecule has 0 spiro atoms. The maximum atomic E-state index is 15.1. The number of aliphatic imine (C=N–C) groups is 1. The van der Waals surface area contributed by atoms with Crippen LogP contribution in [-0.4, -0.2) is 69.8 Å². The minimum atomic E-state index is -0.886. The van der Waals surface area contributed by atoms with E-state index in [0.29, 0.717) is 36.2 Å². The summed E-state index contributed by atoms with van der Waals surface area (Å²) in [5.74, 6) is -0.936. The number of carbonyl (C=O) groups is 4. The van der Waals surface area contributed by atoms with Gasteiger partial charge < -0.3 is 15.5 Å². The molecular weight excluding hydrogens is 707 g/mol. The van der Waals surface area contributed by atoms with E-state index in [1.54, 1.807) is 17.4 Å². The second-order valence-electron chi connectivity index (χ2n) is 13.5. The monoisotopic (exact) mass is 744 g/mol. The van der Waals surface area contributed by atoms with Crippen molar-refractivity contribution >= 4 is 58.0 Å². The molecule has 4 aromatic rings. The third-order valence-electron chi connectivity index (χ3n) is 10.0. The second kappa shape index (κ2) is 14.6. The number of piperidine rings is 2. The Kier molecular flexibility index (Phi) is 9.94. The van der Waals surface area contributed by atoms with E-state index in [1.165, 1.54) is 17.0 Å². The van der Waals surface area contributed by atoms with Gasteiger partial charge in [-0.1, -0.05) is 23.7 Å². The third kappa shape index (κ3) is 7.09. The van der Waals surface area contributed by atoms with E-state index in [-0.39, 0.29) is 36.7 Å². The summed E-state index contributed by atoms with van der Waals surface area (Å²) in [6.45, 7) is 7.89. The van der Waals surface area contributed by atoms with Gasteiger partial charge in [0.1, 0.15) is 28.7 Å². The molecule has 5 heterocycles. The van der Waals surface area contributed by atoms with E-state index in [4.69, 9.17) is 16.6 Å². The molecule has 0 radical (unpaired) electrons. The average molecular weight is 745 g/mol. The highest BCUT2D eigenvalue weighted by molar-refractivity contribution is 7.15. The molecule has 2 aromatic carbocycles. The highest BCUT2D eigenvalue weighted by Gasteiger charge is 2.33. The summed E-state index contributed by atoms with van der Waals surface area (Å²) in [6.07, 6.45) is 1.95. The van der Waals surface area contributed by atoms with Crippen LogP contribution in [0.25, 0.3) is 5.00 Å². The first-order valence-corrected chi connectivity index (χ1v) is 18.5. The lowest BCUT2D eigenvalue weighted by Crippen LogP contribution is -2.52. The lowest BCUT2D eigenvalue weighted by Gasteiger charge is -2.34. The van der Waals surface area contributed by atoms with Gasteiger partial charge in [-0.2, -0.15) is 0 Å². The number of hydrogen-bond donors (Lipinski definition) is 3. The zero-order chi connectivity index (χ0) is 36.7. The van der Waals surface area contributed by atoms with Crippen LogP contribution in [0.5, 0.6) is 0 Å². The van der Waals surface area contributed by atoms with Gasteiger partial charge in [0, 0.05) is 52.8 Å². The molecule has 52 heavy (non-hydrogen) atoms. The molecule has 2 saturated heterocycles. The van der Waals surface area contributed by atoms with Crippen molar-refractivity contribution in [1.82, 2.24) is 30.7 Å². The van der Waals surface area contributed by atoms with Gasteiger partial charge in [-0.05, 0) is 81.8 Å². The van der Waals surface area contributed by atoms with Gasteiger partial charge in [0.25, 0.3) is 5.91 Å². The number of fused-ring (bicyclic) bond motifs is 3. The van der Waals surface area contributed by atoms with Crippen LogP contribution in [0, 0.1) is 32.5 Å². The summed E-state index contributed by atoms with van der Waals surface area (Å²) < 4.78 is 17.1. The Morgan fingerprint density at radius 2 is 1.79 bits per heavy atom. The molecular formula is C37H38ClFN8O4S. The number of nitrogens with one attached hydrogen (secondary N) is 3. The number of carbonyl (C=O) groups excluding carboxylic acids is 4. The van der Waals surface area contributed by atoms with E-state index >= 15 is 4.39 Å². The van der Waals surface area contributed by atoms with Gasteiger partial charge in [-0.15, -0.1) is 21.5 Å². The zero-order valence-electron chi connectivity index (χ0n) is 29.0. The Balaban J connectivity index is 0.979. The molecule has 1 unspecified atom stereocenters. The summed E-state index contributed by atoms with van der Waals surface area (Å²) in [7, 11) is 0. The molecule has 0 aliphatic carbocycles. The Labute approximate surface area is 308 Å². The fourth-order valence-corrected chi connectivity index (χ4v) is 8.33. The molecule has 15 heteroatoms. The smallest absolute Gasteiger partial charge is 0.254 e. The van der Waals surface area contributed by atoms with Gasteiger partial charge in [-0.3, -0.25) is 34.1 Å². The molecule has 2 fully saturated rings.